The zero-order valence-electron chi connectivity index (χ0n) is 15.5. The van der Waals surface area contributed by atoms with Crippen LogP contribution in [0.5, 0.6) is 11.5 Å². The number of hydrogen-bond acceptors (Lipinski definition) is 5. The smallest absolute Gasteiger partial charge is 0.257 e. The summed E-state index contributed by atoms with van der Waals surface area (Å²) in [5, 5.41) is 8.62. The number of aromatic nitrogens is 3. The van der Waals surface area contributed by atoms with E-state index in [0.29, 0.717) is 23.6 Å². The minimum absolute atomic E-state index is 0.0342. The lowest BCUT2D eigenvalue weighted by Crippen LogP contribution is -2.39. The third kappa shape index (κ3) is 3.20. The van der Waals surface area contributed by atoms with E-state index in [-0.39, 0.29) is 11.8 Å². The summed E-state index contributed by atoms with van der Waals surface area (Å²) in [6, 6.07) is 11.1. The molecule has 3 heterocycles. The van der Waals surface area contributed by atoms with E-state index in [0.717, 1.165) is 30.9 Å². The Hall–Kier alpha value is -3.09. The summed E-state index contributed by atoms with van der Waals surface area (Å²) in [6.45, 7) is 1.34. The van der Waals surface area contributed by atoms with Crippen molar-refractivity contribution in [2.75, 3.05) is 27.3 Å². The van der Waals surface area contributed by atoms with E-state index < -0.39 is 0 Å². The van der Waals surface area contributed by atoms with Crippen LogP contribution in [0.4, 0.5) is 0 Å². The van der Waals surface area contributed by atoms with E-state index in [4.69, 9.17) is 9.47 Å². The topological polar surface area (TPSA) is 69.0 Å². The van der Waals surface area contributed by atoms with Crippen molar-refractivity contribution in [3.05, 3.63) is 54.0 Å². The Bertz CT molecular complexity index is 969. The largest absolute Gasteiger partial charge is 0.497 e. The molecular formula is C20H22N4O3. The number of piperidine rings is 1. The second-order valence-electron chi connectivity index (χ2n) is 6.64. The first-order chi connectivity index (χ1) is 13.2. The normalized spacial score (nSPS) is 17.1. The molecule has 0 bridgehead atoms. The molecule has 0 spiro atoms. The van der Waals surface area contributed by atoms with Crippen LogP contribution in [0.25, 0.3) is 5.65 Å². The highest BCUT2D eigenvalue weighted by atomic mass is 16.5. The van der Waals surface area contributed by atoms with Crippen LogP contribution < -0.4 is 9.47 Å². The van der Waals surface area contributed by atoms with Gasteiger partial charge < -0.3 is 14.4 Å². The molecular weight excluding hydrogens is 344 g/mol. The Balaban J connectivity index is 1.59. The fourth-order valence-corrected chi connectivity index (χ4v) is 3.66. The molecule has 7 heteroatoms. The van der Waals surface area contributed by atoms with Gasteiger partial charge in [0.1, 0.15) is 17.3 Å². The highest BCUT2D eigenvalue weighted by molar-refractivity contribution is 5.97. The molecule has 3 aromatic rings. The molecule has 140 valence electrons. The Labute approximate surface area is 157 Å². The van der Waals surface area contributed by atoms with Crippen molar-refractivity contribution >= 4 is 11.6 Å². The van der Waals surface area contributed by atoms with Crippen LogP contribution in [-0.2, 0) is 0 Å². The third-order valence-electron chi connectivity index (χ3n) is 5.05. The van der Waals surface area contributed by atoms with Gasteiger partial charge in [0.25, 0.3) is 5.91 Å². The molecule has 0 radical (unpaired) electrons. The Kier molecular flexibility index (Phi) is 4.66. The maximum atomic E-state index is 13.1. The molecule has 1 aliphatic heterocycles. The van der Waals surface area contributed by atoms with Gasteiger partial charge in [0.05, 0.1) is 19.8 Å². The van der Waals surface area contributed by atoms with Gasteiger partial charge in [-0.15, -0.1) is 10.2 Å². The number of benzene rings is 1. The summed E-state index contributed by atoms with van der Waals surface area (Å²) in [6.07, 6.45) is 3.88. The van der Waals surface area contributed by atoms with Gasteiger partial charge in [0.2, 0.25) is 0 Å². The average molecular weight is 366 g/mol. The SMILES string of the molecule is COc1ccc(C(=O)N2CCCC(c3nnc4ccccn34)C2)c(OC)c1. The fraction of sp³-hybridized carbons (Fsp3) is 0.350. The van der Waals surface area contributed by atoms with E-state index in [1.54, 1.807) is 32.4 Å². The molecule has 1 aromatic carbocycles. The molecule has 0 N–H and O–H groups in total. The van der Waals surface area contributed by atoms with Gasteiger partial charge in [0.15, 0.2) is 5.65 Å². The molecule has 1 unspecified atom stereocenters. The van der Waals surface area contributed by atoms with Crippen LogP contribution in [0.15, 0.2) is 42.6 Å². The quantitative estimate of drug-likeness (QED) is 0.710. The number of amides is 1. The second-order valence-corrected chi connectivity index (χ2v) is 6.64. The van der Waals surface area contributed by atoms with Gasteiger partial charge in [-0.05, 0) is 37.1 Å². The van der Waals surface area contributed by atoms with Crippen LogP contribution in [0.3, 0.4) is 0 Å². The molecule has 2 aromatic heterocycles. The number of methoxy groups -OCH3 is 2. The Morgan fingerprint density at radius 3 is 2.85 bits per heavy atom. The number of hydrogen-bond donors (Lipinski definition) is 0. The predicted molar refractivity (Wildman–Crippen MR) is 100 cm³/mol. The number of nitrogens with zero attached hydrogens (tertiary/aromatic N) is 4. The van der Waals surface area contributed by atoms with Crippen molar-refractivity contribution in [3.8, 4) is 11.5 Å². The molecule has 1 aliphatic rings. The van der Waals surface area contributed by atoms with Gasteiger partial charge >= 0.3 is 0 Å². The standard InChI is InChI=1S/C20H22N4O3/c1-26-15-8-9-16(17(12-15)27-2)20(25)23-10-5-6-14(13-23)19-22-21-18-7-3-4-11-24(18)19/h3-4,7-9,11-12,14H,5-6,10,13H2,1-2H3. The van der Waals surface area contributed by atoms with Crippen LogP contribution >= 0.6 is 0 Å². The number of carbonyl (C=O) groups excluding carboxylic acids is 1. The second kappa shape index (κ2) is 7.26. The molecule has 1 fully saturated rings. The number of ether oxygens (including phenoxy) is 2. The van der Waals surface area contributed by atoms with Gasteiger partial charge in [-0.3, -0.25) is 9.20 Å². The number of rotatable bonds is 4. The molecule has 1 atom stereocenters. The molecule has 0 aliphatic carbocycles. The highest BCUT2D eigenvalue weighted by Crippen LogP contribution is 2.30. The van der Waals surface area contributed by atoms with Crippen molar-refractivity contribution in [1.82, 2.24) is 19.5 Å². The van der Waals surface area contributed by atoms with E-state index in [9.17, 15) is 4.79 Å². The fourth-order valence-electron chi connectivity index (χ4n) is 3.66. The van der Waals surface area contributed by atoms with E-state index in [1.165, 1.54) is 0 Å². The lowest BCUT2D eigenvalue weighted by molar-refractivity contribution is 0.0700. The van der Waals surface area contributed by atoms with Crippen molar-refractivity contribution < 1.29 is 14.3 Å². The molecule has 1 amide bonds. The number of likely N-dealkylation sites (tertiary alicyclic amines) is 1. The van der Waals surface area contributed by atoms with Crippen molar-refractivity contribution in [3.63, 3.8) is 0 Å². The van der Waals surface area contributed by atoms with E-state index >= 15 is 0 Å². The summed E-state index contributed by atoms with van der Waals surface area (Å²) in [5.41, 5.74) is 1.37. The first-order valence-corrected chi connectivity index (χ1v) is 9.02. The number of fused-ring (bicyclic) bond motifs is 1. The minimum atomic E-state index is -0.0342. The van der Waals surface area contributed by atoms with Gasteiger partial charge in [-0.25, -0.2) is 0 Å². The van der Waals surface area contributed by atoms with Crippen molar-refractivity contribution in [1.29, 1.82) is 0 Å². The first-order valence-electron chi connectivity index (χ1n) is 9.02. The summed E-state index contributed by atoms with van der Waals surface area (Å²) in [5.74, 6) is 2.21. The summed E-state index contributed by atoms with van der Waals surface area (Å²) >= 11 is 0. The molecule has 4 rings (SSSR count). The molecule has 1 saturated heterocycles. The molecule has 7 nitrogen and oxygen atoms in total. The predicted octanol–water partition coefficient (Wildman–Crippen LogP) is 2.77. The van der Waals surface area contributed by atoms with Gasteiger partial charge in [-0.2, -0.15) is 0 Å². The maximum Gasteiger partial charge on any atom is 0.257 e. The van der Waals surface area contributed by atoms with Crippen molar-refractivity contribution in [2.24, 2.45) is 0 Å². The van der Waals surface area contributed by atoms with Crippen LogP contribution in [0.2, 0.25) is 0 Å². The zero-order chi connectivity index (χ0) is 18.8. The summed E-state index contributed by atoms with van der Waals surface area (Å²) in [7, 11) is 3.15. The lowest BCUT2D eigenvalue weighted by Gasteiger charge is -2.32. The lowest BCUT2D eigenvalue weighted by atomic mass is 9.96. The first kappa shape index (κ1) is 17.3. The zero-order valence-corrected chi connectivity index (χ0v) is 15.5. The summed E-state index contributed by atoms with van der Waals surface area (Å²) in [4.78, 5) is 15.0. The van der Waals surface area contributed by atoms with Crippen LogP contribution in [0.1, 0.15) is 34.9 Å². The minimum Gasteiger partial charge on any atom is -0.497 e. The summed E-state index contributed by atoms with van der Waals surface area (Å²) < 4.78 is 12.6. The average Bonchev–Trinajstić information content (AvgIpc) is 3.17. The monoisotopic (exact) mass is 366 g/mol. The maximum absolute atomic E-state index is 13.1. The number of pyridine rings is 1. The molecule has 0 saturated carbocycles. The highest BCUT2D eigenvalue weighted by Gasteiger charge is 2.29. The Morgan fingerprint density at radius 1 is 1.15 bits per heavy atom. The van der Waals surface area contributed by atoms with Crippen molar-refractivity contribution in [2.45, 2.75) is 18.8 Å². The Morgan fingerprint density at radius 2 is 2.04 bits per heavy atom. The van der Waals surface area contributed by atoms with Crippen LogP contribution in [0, 0.1) is 0 Å². The molecule has 27 heavy (non-hydrogen) atoms. The van der Waals surface area contributed by atoms with E-state index in [1.807, 2.05) is 33.7 Å². The van der Waals surface area contributed by atoms with E-state index in [2.05, 4.69) is 10.2 Å². The van der Waals surface area contributed by atoms with Gasteiger partial charge in [-0.1, -0.05) is 6.07 Å². The number of carbonyl (C=O) groups is 1. The third-order valence-corrected chi connectivity index (χ3v) is 5.05. The van der Waals surface area contributed by atoms with Crippen LogP contribution in [-0.4, -0.2) is 52.7 Å². The van der Waals surface area contributed by atoms with Gasteiger partial charge in [0, 0.05) is 31.3 Å².